The van der Waals surface area contributed by atoms with Crippen LogP contribution in [0.3, 0.4) is 0 Å². The normalized spacial score (nSPS) is 16.4. The summed E-state index contributed by atoms with van der Waals surface area (Å²) < 4.78 is 47.2. The number of carboxylic acid groups (broad SMARTS) is 1. The predicted molar refractivity (Wildman–Crippen MR) is 131 cm³/mol. The Morgan fingerprint density at radius 3 is 2.83 bits per heavy atom. The molecule has 1 saturated heterocycles. The molecule has 9 heteroatoms. The van der Waals surface area contributed by atoms with E-state index in [4.69, 9.17) is 4.74 Å². The lowest BCUT2D eigenvalue weighted by molar-refractivity contribution is -0.138. The van der Waals surface area contributed by atoms with Crippen LogP contribution >= 0.6 is 0 Å². The number of ether oxygens (including phenoxy) is 1. The molecule has 6 nitrogen and oxygen atoms in total. The quantitative estimate of drug-likeness (QED) is 0.447. The molecule has 4 rings (SSSR count). The lowest BCUT2D eigenvalue weighted by Crippen LogP contribution is -2.42. The van der Waals surface area contributed by atoms with E-state index in [-0.39, 0.29) is 18.2 Å². The molecule has 3 aromatic rings. The molecule has 1 unspecified atom stereocenters. The Hall–Kier alpha value is -3.43. The number of halogens is 3. The number of aromatic nitrogens is 1. The number of nitrogens with zero attached hydrogens (tertiary/aromatic N) is 3. The third kappa shape index (κ3) is 6.22. The molecule has 2 aromatic carbocycles. The highest BCUT2D eigenvalue weighted by Crippen LogP contribution is 2.26. The molecule has 1 N–H and O–H groups in total. The largest absolute Gasteiger partial charge is 0.497 e. The van der Waals surface area contributed by atoms with Crippen molar-refractivity contribution in [1.29, 1.82) is 0 Å². The van der Waals surface area contributed by atoms with Crippen LogP contribution in [0.25, 0.3) is 17.0 Å². The molecule has 36 heavy (non-hydrogen) atoms. The fourth-order valence-electron chi connectivity index (χ4n) is 4.65. The Balaban J connectivity index is 1.42. The van der Waals surface area contributed by atoms with E-state index in [1.165, 1.54) is 13.3 Å². The third-order valence-corrected chi connectivity index (χ3v) is 6.50. The Labute approximate surface area is 207 Å². The maximum Gasteiger partial charge on any atom is 0.317 e. The van der Waals surface area contributed by atoms with Crippen molar-refractivity contribution in [3.63, 3.8) is 0 Å². The van der Waals surface area contributed by atoms with Gasteiger partial charge in [0.15, 0.2) is 0 Å². The molecule has 0 bridgehead atoms. The minimum absolute atomic E-state index is 0.0221. The molecule has 1 atom stereocenters. The maximum absolute atomic E-state index is 14.7. The summed E-state index contributed by atoms with van der Waals surface area (Å²) in [4.78, 5) is 19.7. The number of pyridine rings is 1. The molecule has 0 amide bonds. The van der Waals surface area contributed by atoms with Crippen LogP contribution in [0.2, 0.25) is 0 Å². The first-order chi connectivity index (χ1) is 17.3. The molecule has 0 spiro atoms. The van der Waals surface area contributed by atoms with Crippen molar-refractivity contribution >= 4 is 22.9 Å². The summed E-state index contributed by atoms with van der Waals surface area (Å²) in [7, 11) is 1.54. The number of hydrogen-bond acceptors (Lipinski definition) is 5. The second kappa shape index (κ2) is 11.5. The van der Waals surface area contributed by atoms with E-state index < -0.39 is 23.4 Å². The SMILES string of the molecule is COc1ccc2ncc(F)c(CCN(CC(=O)O)C3CCN(CC=Cc4cc(F)ccc4F)C3)c2c1. The summed E-state index contributed by atoms with van der Waals surface area (Å²) in [5.74, 6) is -1.78. The van der Waals surface area contributed by atoms with Crippen LogP contribution < -0.4 is 4.74 Å². The zero-order valence-electron chi connectivity index (χ0n) is 20.0. The van der Waals surface area contributed by atoms with Gasteiger partial charge in [0.1, 0.15) is 23.2 Å². The number of likely N-dealkylation sites (tertiary alicyclic amines) is 1. The van der Waals surface area contributed by atoms with E-state index in [2.05, 4.69) is 9.88 Å². The van der Waals surface area contributed by atoms with Gasteiger partial charge in [-0.1, -0.05) is 12.2 Å². The first kappa shape index (κ1) is 25.7. The zero-order valence-corrected chi connectivity index (χ0v) is 20.0. The van der Waals surface area contributed by atoms with E-state index in [0.717, 1.165) is 31.2 Å². The molecule has 1 aliphatic heterocycles. The van der Waals surface area contributed by atoms with Crippen LogP contribution in [0.1, 0.15) is 17.5 Å². The summed E-state index contributed by atoms with van der Waals surface area (Å²) in [5.41, 5.74) is 1.30. The smallest absolute Gasteiger partial charge is 0.317 e. The van der Waals surface area contributed by atoms with Gasteiger partial charge in [0.25, 0.3) is 0 Å². The van der Waals surface area contributed by atoms with Crippen molar-refractivity contribution in [2.45, 2.75) is 18.9 Å². The van der Waals surface area contributed by atoms with Gasteiger partial charge in [-0.15, -0.1) is 0 Å². The van der Waals surface area contributed by atoms with Gasteiger partial charge in [-0.2, -0.15) is 0 Å². The molecular formula is C27H28F3N3O3. The lowest BCUT2D eigenvalue weighted by atomic mass is 10.0. The molecule has 1 aromatic heterocycles. The van der Waals surface area contributed by atoms with Crippen molar-refractivity contribution in [2.24, 2.45) is 0 Å². The highest BCUT2D eigenvalue weighted by molar-refractivity contribution is 5.83. The van der Waals surface area contributed by atoms with Crippen LogP contribution in [0.4, 0.5) is 13.2 Å². The van der Waals surface area contributed by atoms with Gasteiger partial charge in [-0.05, 0) is 49.2 Å². The molecule has 0 radical (unpaired) electrons. The van der Waals surface area contributed by atoms with E-state index >= 15 is 0 Å². The van der Waals surface area contributed by atoms with Gasteiger partial charge in [0.2, 0.25) is 0 Å². The van der Waals surface area contributed by atoms with Crippen molar-refractivity contribution in [3.8, 4) is 5.75 Å². The second-order valence-corrected chi connectivity index (χ2v) is 8.85. The number of methoxy groups -OCH3 is 1. The van der Waals surface area contributed by atoms with Crippen molar-refractivity contribution in [1.82, 2.24) is 14.8 Å². The number of rotatable bonds is 10. The molecule has 1 fully saturated rings. The third-order valence-electron chi connectivity index (χ3n) is 6.50. The summed E-state index contributed by atoms with van der Waals surface area (Å²) in [6.07, 6.45) is 5.58. The van der Waals surface area contributed by atoms with Crippen LogP contribution in [-0.2, 0) is 11.2 Å². The monoisotopic (exact) mass is 499 g/mol. The molecule has 0 saturated carbocycles. The Kier molecular flexibility index (Phi) is 8.22. The first-order valence-corrected chi connectivity index (χ1v) is 11.7. The number of hydrogen-bond donors (Lipinski definition) is 1. The lowest BCUT2D eigenvalue weighted by Gasteiger charge is -2.27. The number of benzene rings is 2. The van der Waals surface area contributed by atoms with E-state index in [1.807, 2.05) is 4.90 Å². The summed E-state index contributed by atoms with van der Waals surface area (Å²) in [6, 6.07) is 8.56. The van der Waals surface area contributed by atoms with Gasteiger partial charge >= 0.3 is 5.97 Å². The number of fused-ring (bicyclic) bond motifs is 1. The minimum Gasteiger partial charge on any atom is -0.497 e. The van der Waals surface area contributed by atoms with Gasteiger partial charge in [0, 0.05) is 48.7 Å². The van der Waals surface area contributed by atoms with Crippen LogP contribution in [-0.4, -0.2) is 71.7 Å². The molecular weight excluding hydrogens is 471 g/mol. The average Bonchev–Trinajstić information content (AvgIpc) is 3.33. The fourth-order valence-corrected chi connectivity index (χ4v) is 4.65. The van der Waals surface area contributed by atoms with E-state index in [1.54, 1.807) is 30.4 Å². The molecule has 190 valence electrons. The Bertz CT molecular complexity index is 1270. The maximum atomic E-state index is 14.7. The predicted octanol–water partition coefficient (Wildman–Crippen LogP) is 4.38. The Morgan fingerprint density at radius 2 is 2.06 bits per heavy atom. The van der Waals surface area contributed by atoms with Gasteiger partial charge in [0.05, 0.1) is 25.4 Å². The zero-order chi connectivity index (χ0) is 25.7. The topological polar surface area (TPSA) is 65.9 Å². The van der Waals surface area contributed by atoms with Crippen LogP contribution in [0, 0.1) is 17.5 Å². The fraction of sp³-hybridized carbons (Fsp3) is 0.333. The Morgan fingerprint density at radius 1 is 1.22 bits per heavy atom. The summed E-state index contributed by atoms with van der Waals surface area (Å²) >= 11 is 0. The highest BCUT2D eigenvalue weighted by atomic mass is 19.1. The molecule has 2 heterocycles. The van der Waals surface area contributed by atoms with E-state index in [0.29, 0.717) is 48.3 Å². The van der Waals surface area contributed by atoms with Crippen LogP contribution in [0.5, 0.6) is 5.75 Å². The average molecular weight is 500 g/mol. The van der Waals surface area contributed by atoms with Crippen molar-refractivity contribution < 1.29 is 27.8 Å². The van der Waals surface area contributed by atoms with Gasteiger partial charge < -0.3 is 9.84 Å². The summed E-state index contributed by atoms with van der Waals surface area (Å²) in [5, 5.41) is 10.1. The van der Waals surface area contributed by atoms with Gasteiger partial charge in [-0.3, -0.25) is 19.6 Å². The molecule has 0 aliphatic carbocycles. The number of aliphatic carboxylic acids is 1. The van der Waals surface area contributed by atoms with Crippen LogP contribution in [0.15, 0.2) is 48.7 Å². The van der Waals surface area contributed by atoms with Gasteiger partial charge in [-0.25, -0.2) is 13.2 Å². The van der Waals surface area contributed by atoms with E-state index in [9.17, 15) is 23.1 Å². The first-order valence-electron chi connectivity index (χ1n) is 11.7. The standard InChI is InChI=1S/C27H28F3N3O3/c1-36-21-5-7-26-23(14-21)22(25(30)15-31-26)9-12-33(17-27(34)35)20-8-11-32(16-20)10-2-3-18-13-19(28)4-6-24(18)29/h2-7,13-15,20H,8-12,16-17H2,1H3,(H,34,35). The number of carboxylic acids is 1. The van der Waals surface area contributed by atoms with Crippen molar-refractivity contribution in [2.75, 3.05) is 39.8 Å². The second-order valence-electron chi connectivity index (χ2n) is 8.85. The summed E-state index contributed by atoms with van der Waals surface area (Å²) in [6.45, 7) is 2.09. The van der Waals surface area contributed by atoms with Crippen molar-refractivity contribution in [3.05, 3.63) is 77.2 Å². The highest BCUT2D eigenvalue weighted by Gasteiger charge is 2.28. The molecule has 1 aliphatic rings. The minimum atomic E-state index is -0.948. The number of carbonyl (C=O) groups is 1.